The van der Waals surface area contributed by atoms with E-state index in [4.69, 9.17) is 4.42 Å². The molecule has 1 fully saturated rings. The van der Waals surface area contributed by atoms with Crippen molar-refractivity contribution in [1.29, 1.82) is 0 Å². The highest BCUT2D eigenvalue weighted by atomic mass is 16.3. The highest BCUT2D eigenvalue weighted by Crippen LogP contribution is 2.26. The van der Waals surface area contributed by atoms with Crippen LogP contribution in [0.2, 0.25) is 0 Å². The van der Waals surface area contributed by atoms with Gasteiger partial charge in [-0.2, -0.15) is 0 Å². The maximum absolute atomic E-state index is 9.27. The molecule has 1 aromatic heterocycles. The zero-order chi connectivity index (χ0) is 11.5. The molecule has 16 heavy (non-hydrogen) atoms. The molecule has 1 aliphatic rings. The number of hydrogen-bond acceptors (Lipinski definition) is 4. The molecule has 4 heteroatoms. The minimum atomic E-state index is -0.353. The molecule has 1 saturated heterocycles. The van der Waals surface area contributed by atoms with Gasteiger partial charge in [-0.1, -0.05) is 6.92 Å². The number of aliphatic hydroxyl groups is 1. The molecule has 0 bridgehead atoms. The first-order chi connectivity index (χ1) is 7.69. The summed E-state index contributed by atoms with van der Waals surface area (Å²) in [5, 5.41) is 9.27. The summed E-state index contributed by atoms with van der Waals surface area (Å²) in [7, 11) is 0. The number of aliphatic hydroxyl groups excluding tert-OH is 1. The minimum Gasteiger partial charge on any atom is -0.448 e. The number of oxazole rings is 1. The van der Waals surface area contributed by atoms with Crippen molar-refractivity contribution in [2.24, 2.45) is 0 Å². The second-order valence-corrected chi connectivity index (χ2v) is 4.61. The average molecular weight is 224 g/mol. The maximum atomic E-state index is 9.27. The highest BCUT2D eigenvalue weighted by molar-refractivity contribution is 5.04. The van der Waals surface area contributed by atoms with Gasteiger partial charge in [0.05, 0.1) is 11.8 Å². The monoisotopic (exact) mass is 224 g/mol. The van der Waals surface area contributed by atoms with Crippen LogP contribution >= 0.6 is 0 Å². The third-order valence-corrected chi connectivity index (χ3v) is 3.14. The van der Waals surface area contributed by atoms with Gasteiger partial charge in [0.2, 0.25) is 0 Å². The van der Waals surface area contributed by atoms with Gasteiger partial charge in [0.1, 0.15) is 6.26 Å². The Morgan fingerprint density at radius 3 is 3.12 bits per heavy atom. The van der Waals surface area contributed by atoms with Crippen molar-refractivity contribution >= 4 is 0 Å². The van der Waals surface area contributed by atoms with Crippen LogP contribution in [0.5, 0.6) is 0 Å². The van der Waals surface area contributed by atoms with E-state index < -0.39 is 0 Å². The Kier molecular flexibility index (Phi) is 3.61. The van der Waals surface area contributed by atoms with Crippen molar-refractivity contribution in [1.82, 2.24) is 9.88 Å². The van der Waals surface area contributed by atoms with Crippen LogP contribution in [0.3, 0.4) is 0 Å². The molecule has 0 aliphatic carbocycles. The Balaban J connectivity index is 1.97. The molecule has 2 unspecified atom stereocenters. The zero-order valence-electron chi connectivity index (χ0n) is 10.0. The van der Waals surface area contributed by atoms with Gasteiger partial charge in [-0.3, -0.25) is 0 Å². The Hall–Kier alpha value is -0.870. The molecule has 1 aromatic rings. The fourth-order valence-corrected chi connectivity index (χ4v) is 2.23. The van der Waals surface area contributed by atoms with Crippen LogP contribution in [0.4, 0.5) is 0 Å². The number of aromatic nitrogens is 1. The topological polar surface area (TPSA) is 49.5 Å². The third kappa shape index (κ3) is 2.62. The summed E-state index contributed by atoms with van der Waals surface area (Å²) in [5.41, 5.74) is 0.861. The summed E-state index contributed by atoms with van der Waals surface area (Å²) in [6.07, 6.45) is 3.03. The molecule has 1 aliphatic heterocycles. The molecule has 1 N–H and O–H groups in total. The van der Waals surface area contributed by atoms with Crippen LogP contribution in [-0.4, -0.2) is 40.7 Å². The summed E-state index contributed by atoms with van der Waals surface area (Å²) in [6.45, 7) is 7.22. The molecule has 0 saturated carbocycles. The van der Waals surface area contributed by atoms with Crippen LogP contribution in [0, 0.1) is 0 Å². The molecule has 2 rings (SSSR count). The molecular weight excluding hydrogens is 204 g/mol. The van der Waals surface area contributed by atoms with Gasteiger partial charge in [0.25, 0.3) is 0 Å². The van der Waals surface area contributed by atoms with E-state index in [1.54, 1.807) is 13.2 Å². The first-order valence-electron chi connectivity index (χ1n) is 6.03. The van der Waals surface area contributed by atoms with E-state index >= 15 is 0 Å². The van der Waals surface area contributed by atoms with Crippen molar-refractivity contribution < 1.29 is 9.52 Å². The van der Waals surface area contributed by atoms with Gasteiger partial charge in [-0.25, -0.2) is 4.98 Å². The number of likely N-dealkylation sites (N-methyl/N-ethyl adjacent to an activating group) is 1. The quantitative estimate of drug-likeness (QED) is 0.840. The first kappa shape index (κ1) is 11.6. The van der Waals surface area contributed by atoms with Gasteiger partial charge in [0, 0.05) is 18.9 Å². The van der Waals surface area contributed by atoms with E-state index in [9.17, 15) is 5.11 Å². The Labute approximate surface area is 96.3 Å². The highest BCUT2D eigenvalue weighted by Gasteiger charge is 2.26. The van der Waals surface area contributed by atoms with E-state index in [1.807, 2.05) is 0 Å². The Bertz CT molecular complexity index is 336. The summed E-state index contributed by atoms with van der Waals surface area (Å²) in [4.78, 5) is 6.85. The second kappa shape index (κ2) is 4.97. The summed E-state index contributed by atoms with van der Waals surface area (Å²) in [6, 6.07) is 0. The fourth-order valence-electron chi connectivity index (χ4n) is 2.23. The number of rotatable bonds is 4. The molecule has 4 nitrogen and oxygen atoms in total. The first-order valence-corrected chi connectivity index (χ1v) is 6.03. The maximum Gasteiger partial charge on any atom is 0.198 e. The van der Waals surface area contributed by atoms with Gasteiger partial charge in [-0.05, 0) is 26.4 Å². The number of nitrogens with zero attached hydrogens (tertiary/aromatic N) is 2. The largest absolute Gasteiger partial charge is 0.448 e. The SMILES string of the molecule is CCN1CCC(c2nc(CC(C)O)co2)C1. The molecule has 2 atom stereocenters. The molecular formula is C12H20N2O2. The standard InChI is InChI=1S/C12H20N2O2/c1-3-14-5-4-10(7-14)12-13-11(8-16-12)6-9(2)15/h8-10,15H,3-7H2,1-2H3. The van der Waals surface area contributed by atoms with E-state index in [0.717, 1.165) is 37.6 Å². The Morgan fingerprint density at radius 2 is 2.50 bits per heavy atom. The molecule has 0 radical (unpaired) electrons. The number of hydrogen-bond donors (Lipinski definition) is 1. The summed E-state index contributed by atoms with van der Waals surface area (Å²) >= 11 is 0. The van der Waals surface area contributed by atoms with Crippen molar-refractivity contribution in [3.8, 4) is 0 Å². The molecule has 0 spiro atoms. The lowest BCUT2D eigenvalue weighted by molar-refractivity contribution is 0.194. The smallest absolute Gasteiger partial charge is 0.198 e. The molecule has 90 valence electrons. The van der Waals surface area contributed by atoms with Crippen LogP contribution in [0.25, 0.3) is 0 Å². The number of likely N-dealkylation sites (tertiary alicyclic amines) is 1. The minimum absolute atomic E-state index is 0.353. The van der Waals surface area contributed by atoms with Crippen LogP contribution in [0.15, 0.2) is 10.7 Å². The molecule has 0 amide bonds. The lowest BCUT2D eigenvalue weighted by Gasteiger charge is -2.10. The van der Waals surface area contributed by atoms with Crippen molar-refractivity contribution in [3.63, 3.8) is 0 Å². The Morgan fingerprint density at radius 1 is 1.69 bits per heavy atom. The van der Waals surface area contributed by atoms with Gasteiger partial charge < -0.3 is 14.4 Å². The van der Waals surface area contributed by atoms with Gasteiger partial charge >= 0.3 is 0 Å². The van der Waals surface area contributed by atoms with E-state index in [-0.39, 0.29) is 6.10 Å². The second-order valence-electron chi connectivity index (χ2n) is 4.61. The van der Waals surface area contributed by atoms with Gasteiger partial charge in [-0.15, -0.1) is 0 Å². The van der Waals surface area contributed by atoms with Crippen molar-refractivity contribution in [2.45, 2.75) is 38.7 Å². The van der Waals surface area contributed by atoms with Crippen molar-refractivity contribution in [2.75, 3.05) is 19.6 Å². The fraction of sp³-hybridized carbons (Fsp3) is 0.750. The lowest BCUT2D eigenvalue weighted by atomic mass is 10.1. The average Bonchev–Trinajstić information content (AvgIpc) is 2.83. The van der Waals surface area contributed by atoms with E-state index in [0.29, 0.717) is 12.3 Å². The zero-order valence-corrected chi connectivity index (χ0v) is 10.0. The van der Waals surface area contributed by atoms with E-state index in [2.05, 4.69) is 16.8 Å². The van der Waals surface area contributed by atoms with Crippen molar-refractivity contribution in [3.05, 3.63) is 17.8 Å². The van der Waals surface area contributed by atoms with E-state index in [1.165, 1.54) is 0 Å². The van der Waals surface area contributed by atoms with Crippen LogP contribution < -0.4 is 0 Å². The normalized spacial score (nSPS) is 23.8. The molecule has 0 aromatic carbocycles. The predicted molar refractivity (Wildman–Crippen MR) is 61.4 cm³/mol. The predicted octanol–water partition coefficient (Wildman–Crippen LogP) is 1.41. The summed E-state index contributed by atoms with van der Waals surface area (Å²) < 4.78 is 5.49. The molecule has 2 heterocycles. The summed E-state index contributed by atoms with van der Waals surface area (Å²) in [5.74, 6) is 1.27. The van der Waals surface area contributed by atoms with Crippen LogP contribution in [0.1, 0.15) is 37.8 Å². The van der Waals surface area contributed by atoms with Gasteiger partial charge in [0.15, 0.2) is 5.89 Å². The van der Waals surface area contributed by atoms with Crippen LogP contribution in [-0.2, 0) is 6.42 Å². The third-order valence-electron chi connectivity index (χ3n) is 3.14. The lowest BCUT2D eigenvalue weighted by Crippen LogP contribution is -2.19.